The molecule has 0 amide bonds. The molecule has 1 heterocycles. The zero-order valence-electron chi connectivity index (χ0n) is 11.9. The Kier molecular flexibility index (Phi) is 4.18. The van der Waals surface area contributed by atoms with Crippen LogP contribution in [0.1, 0.15) is 45.3 Å². The Hall–Kier alpha value is -0.940. The summed E-state index contributed by atoms with van der Waals surface area (Å²) in [5.41, 5.74) is 0.215. The van der Waals surface area contributed by atoms with Gasteiger partial charge in [0.15, 0.2) is 0 Å². The molecule has 4 nitrogen and oxygen atoms in total. The second-order valence-corrected chi connectivity index (χ2v) is 7.04. The van der Waals surface area contributed by atoms with Crippen LogP contribution in [0, 0.1) is 0 Å². The largest absolute Gasteiger partial charge is 0.480 e. The van der Waals surface area contributed by atoms with Crippen LogP contribution in [0.4, 0.5) is 0 Å². The van der Waals surface area contributed by atoms with Crippen LogP contribution in [0.5, 0.6) is 0 Å². The number of likely N-dealkylation sites (N-methyl/N-ethyl adjacent to an activating group) is 1. The molecule has 0 aliphatic rings. The lowest BCUT2D eigenvalue weighted by Crippen LogP contribution is -2.47. The van der Waals surface area contributed by atoms with Crippen LogP contribution in [0.25, 0.3) is 0 Å². The monoisotopic (exact) mass is 270 g/mol. The zero-order chi connectivity index (χ0) is 14.1. The first-order valence-electron chi connectivity index (χ1n) is 5.94. The van der Waals surface area contributed by atoms with Crippen molar-refractivity contribution in [3.8, 4) is 0 Å². The molecule has 18 heavy (non-hydrogen) atoms. The molecule has 0 spiro atoms. The molecule has 0 aliphatic heterocycles. The highest BCUT2D eigenvalue weighted by atomic mass is 32.1. The number of nitrogens with zero attached hydrogens (tertiary/aromatic N) is 2. The van der Waals surface area contributed by atoms with E-state index in [0.717, 1.165) is 10.7 Å². The van der Waals surface area contributed by atoms with Crippen LogP contribution < -0.4 is 0 Å². The molecule has 1 aromatic heterocycles. The minimum absolute atomic E-state index is 0.0373. The highest BCUT2D eigenvalue weighted by Gasteiger charge is 2.32. The second kappa shape index (κ2) is 4.97. The third-order valence-corrected chi connectivity index (χ3v) is 4.00. The number of carboxylic acids is 1. The third kappa shape index (κ3) is 3.29. The summed E-state index contributed by atoms with van der Waals surface area (Å²) in [5.74, 6) is -0.822. The van der Waals surface area contributed by atoms with Gasteiger partial charge < -0.3 is 5.11 Å². The summed E-state index contributed by atoms with van der Waals surface area (Å²) in [6.07, 6.45) is 0. The summed E-state index contributed by atoms with van der Waals surface area (Å²) in [6, 6.07) is 0. The molecule has 1 N–H and O–H groups in total. The van der Waals surface area contributed by atoms with Gasteiger partial charge >= 0.3 is 5.97 Å². The molecule has 0 aromatic carbocycles. The Labute approximate surface area is 113 Å². The fraction of sp³-hybridized carbons (Fsp3) is 0.692. The molecule has 0 unspecified atom stereocenters. The lowest BCUT2D eigenvalue weighted by molar-refractivity contribution is -0.148. The number of aromatic nitrogens is 1. The van der Waals surface area contributed by atoms with E-state index >= 15 is 0 Å². The molecule has 0 saturated heterocycles. The molecule has 102 valence electrons. The number of hydrogen-bond donors (Lipinski definition) is 1. The van der Waals surface area contributed by atoms with E-state index in [-0.39, 0.29) is 5.41 Å². The maximum absolute atomic E-state index is 11.2. The Morgan fingerprint density at radius 3 is 2.33 bits per heavy atom. The fourth-order valence-corrected chi connectivity index (χ4v) is 2.36. The van der Waals surface area contributed by atoms with Crippen molar-refractivity contribution in [2.45, 2.75) is 52.1 Å². The molecule has 5 heteroatoms. The minimum Gasteiger partial charge on any atom is -0.480 e. The van der Waals surface area contributed by atoms with E-state index in [1.807, 2.05) is 7.05 Å². The molecule has 0 atom stereocenters. The van der Waals surface area contributed by atoms with Crippen molar-refractivity contribution in [3.05, 3.63) is 16.1 Å². The molecule has 0 saturated carbocycles. The Balaban J connectivity index is 2.80. The van der Waals surface area contributed by atoms with Crippen molar-refractivity contribution >= 4 is 17.3 Å². The van der Waals surface area contributed by atoms with Gasteiger partial charge in [0.2, 0.25) is 0 Å². The van der Waals surface area contributed by atoms with Crippen molar-refractivity contribution in [1.82, 2.24) is 9.88 Å². The summed E-state index contributed by atoms with van der Waals surface area (Å²) in [5, 5.41) is 12.2. The van der Waals surface area contributed by atoms with Crippen LogP contribution in [0.15, 0.2) is 5.38 Å². The number of rotatable bonds is 4. The van der Waals surface area contributed by atoms with Gasteiger partial charge in [0.05, 0.1) is 12.2 Å². The molecular formula is C13H22N2O2S. The van der Waals surface area contributed by atoms with Gasteiger partial charge in [-0.05, 0) is 20.9 Å². The average Bonchev–Trinajstić information content (AvgIpc) is 2.65. The number of carbonyl (C=O) groups is 1. The van der Waals surface area contributed by atoms with E-state index in [9.17, 15) is 4.79 Å². The standard InChI is InChI=1S/C13H22N2O2S/c1-12(2,3)9-8-18-10(14-9)7-15(6)13(4,5)11(16)17/h8H,7H2,1-6H3,(H,16,17). The number of thiazole rings is 1. The summed E-state index contributed by atoms with van der Waals surface area (Å²) in [4.78, 5) is 17.5. The maximum Gasteiger partial charge on any atom is 0.323 e. The van der Waals surface area contributed by atoms with Gasteiger partial charge in [-0.25, -0.2) is 4.98 Å². The van der Waals surface area contributed by atoms with Crippen LogP contribution in [0.2, 0.25) is 0 Å². The normalized spacial score (nSPS) is 13.1. The van der Waals surface area contributed by atoms with E-state index in [2.05, 4.69) is 31.1 Å². The maximum atomic E-state index is 11.2. The number of hydrogen-bond acceptors (Lipinski definition) is 4. The van der Waals surface area contributed by atoms with Crippen LogP contribution >= 0.6 is 11.3 Å². The zero-order valence-corrected chi connectivity index (χ0v) is 12.8. The molecule has 0 bridgehead atoms. The highest BCUT2D eigenvalue weighted by Crippen LogP contribution is 2.25. The van der Waals surface area contributed by atoms with Gasteiger partial charge in [-0.1, -0.05) is 20.8 Å². The van der Waals surface area contributed by atoms with E-state index in [0.29, 0.717) is 6.54 Å². The number of aliphatic carboxylic acids is 1. The lowest BCUT2D eigenvalue weighted by atomic mass is 9.93. The number of carboxylic acid groups (broad SMARTS) is 1. The minimum atomic E-state index is -0.881. The molecule has 1 aromatic rings. The predicted octanol–water partition coefficient (Wildman–Crippen LogP) is 2.74. The molecule has 1 rings (SSSR count). The first-order valence-corrected chi connectivity index (χ1v) is 6.82. The Morgan fingerprint density at radius 1 is 1.39 bits per heavy atom. The smallest absolute Gasteiger partial charge is 0.323 e. The van der Waals surface area contributed by atoms with Gasteiger partial charge in [-0.3, -0.25) is 9.69 Å². The molecule has 0 radical (unpaired) electrons. The summed E-state index contributed by atoms with van der Waals surface area (Å²) >= 11 is 1.59. The third-order valence-electron chi connectivity index (χ3n) is 3.17. The van der Waals surface area contributed by atoms with Gasteiger partial charge in [-0.2, -0.15) is 0 Å². The topological polar surface area (TPSA) is 53.4 Å². The van der Waals surface area contributed by atoms with Crippen molar-refractivity contribution in [1.29, 1.82) is 0 Å². The van der Waals surface area contributed by atoms with E-state index in [4.69, 9.17) is 5.11 Å². The first kappa shape index (κ1) is 15.1. The van der Waals surface area contributed by atoms with Crippen molar-refractivity contribution in [2.24, 2.45) is 0 Å². The van der Waals surface area contributed by atoms with Crippen LogP contribution in [-0.4, -0.2) is 33.5 Å². The van der Waals surface area contributed by atoms with Crippen LogP contribution in [-0.2, 0) is 16.8 Å². The van der Waals surface area contributed by atoms with E-state index in [1.165, 1.54) is 0 Å². The summed E-state index contributed by atoms with van der Waals surface area (Å²) < 4.78 is 0. The fourth-order valence-electron chi connectivity index (χ4n) is 1.29. The van der Waals surface area contributed by atoms with Gasteiger partial charge in [0.1, 0.15) is 10.5 Å². The summed E-state index contributed by atoms with van der Waals surface area (Å²) in [6.45, 7) is 10.3. The summed E-state index contributed by atoms with van der Waals surface area (Å²) in [7, 11) is 1.81. The van der Waals surface area contributed by atoms with Gasteiger partial charge in [0, 0.05) is 10.8 Å². The molecule has 0 aliphatic carbocycles. The predicted molar refractivity (Wildman–Crippen MR) is 74.0 cm³/mol. The molecule has 0 fully saturated rings. The van der Waals surface area contributed by atoms with Crippen LogP contribution in [0.3, 0.4) is 0 Å². The Morgan fingerprint density at radius 2 is 1.94 bits per heavy atom. The van der Waals surface area contributed by atoms with Crippen molar-refractivity contribution in [3.63, 3.8) is 0 Å². The first-order chi connectivity index (χ1) is 8.05. The van der Waals surface area contributed by atoms with Gasteiger partial charge in [-0.15, -0.1) is 11.3 Å². The second-order valence-electron chi connectivity index (χ2n) is 6.10. The quantitative estimate of drug-likeness (QED) is 0.914. The van der Waals surface area contributed by atoms with E-state index < -0.39 is 11.5 Å². The lowest BCUT2D eigenvalue weighted by Gasteiger charge is -2.30. The molecular weight excluding hydrogens is 248 g/mol. The highest BCUT2D eigenvalue weighted by molar-refractivity contribution is 7.09. The van der Waals surface area contributed by atoms with Crippen molar-refractivity contribution < 1.29 is 9.90 Å². The SMILES string of the molecule is CN(Cc1nc(C(C)(C)C)cs1)C(C)(C)C(=O)O. The average molecular weight is 270 g/mol. The van der Waals surface area contributed by atoms with E-state index in [1.54, 1.807) is 30.1 Å². The van der Waals surface area contributed by atoms with Gasteiger partial charge in [0.25, 0.3) is 0 Å². The Bertz CT molecular complexity index is 432. The van der Waals surface area contributed by atoms with Crippen molar-refractivity contribution in [2.75, 3.05) is 7.05 Å².